The Morgan fingerprint density at radius 2 is 2.17 bits per heavy atom. The second-order valence-electron chi connectivity index (χ2n) is 4.34. The summed E-state index contributed by atoms with van der Waals surface area (Å²) in [6.45, 7) is 11.8. The summed E-state index contributed by atoms with van der Waals surface area (Å²) in [4.78, 5) is 11.7. The van der Waals surface area contributed by atoms with Gasteiger partial charge in [-0.15, -0.1) is 6.58 Å². The molecule has 0 amide bonds. The molecule has 0 aliphatic heterocycles. The van der Waals surface area contributed by atoms with Gasteiger partial charge in [-0.05, 0) is 42.7 Å². The summed E-state index contributed by atoms with van der Waals surface area (Å²) in [5.41, 5.74) is 2.69. The van der Waals surface area contributed by atoms with E-state index in [1.54, 1.807) is 0 Å². The van der Waals surface area contributed by atoms with Crippen LogP contribution in [0.25, 0.3) is 0 Å². The molecule has 0 radical (unpaired) electrons. The molecule has 0 fully saturated rings. The van der Waals surface area contributed by atoms with Gasteiger partial charge >= 0.3 is 0 Å². The van der Waals surface area contributed by atoms with Crippen molar-refractivity contribution in [2.75, 3.05) is 6.61 Å². The van der Waals surface area contributed by atoms with Crippen molar-refractivity contribution in [2.24, 2.45) is 0 Å². The quantitative estimate of drug-likeness (QED) is 0.536. The molecule has 0 aliphatic carbocycles. The zero-order valence-corrected chi connectivity index (χ0v) is 11.2. The molecular formula is C16H20O2. The third-order valence-electron chi connectivity index (χ3n) is 2.54. The van der Waals surface area contributed by atoms with Crippen molar-refractivity contribution in [1.29, 1.82) is 0 Å². The largest absolute Gasteiger partial charge is 0.489 e. The number of ether oxygens (including phenoxy) is 1. The third-order valence-corrected chi connectivity index (χ3v) is 2.54. The summed E-state index contributed by atoms with van der Waals surface area (Å²) in [5.74, 6) is 0.942. The maximum atomic E-state index is 11.7. The van der Waals surface area contributed by atoms with Crippen molar-refractivity contribution in [2.45, 2.75) is 26.7 Å². The van der Waals surface area contributed by atoms with Gasteiger partial charge < -0.3 is 4.74 Å². The number of hydrogen-bond acceptors (Lipinski definition) is 2. The average Bonchev–Trinajstić information content (AvgIpc) is 2.36. The fourth-order valence-corrected chi connectivity index (χ4v) is 1.61. The molecule has 1 aromatic rings. The van der Waals surface area contributed by atoms with Crippen LogP contribution in [-0.2, 0) is 6.42 Å². The highest BCUT2D eigenvalue weighted by molar-refractivity contribution is 5.96. The summed E-state index contributed by atoms with van der Waals surface area (Å²) >= 11 is 0. The number of hydrogen-bond donors (Lipinski definition) is 0. The molecule has 0 saturated heterocycles. The SMILES string of the molecule is C=CCc1cc(C(=O)CC)ccc1OCC(=C)C. The average molecular weight is 244 g/mol. The molecule has 1 rings (SSSR count). The highest BCUT2D eigenvalue weighted by Crippen LogP contribution is 2.22. The van der Waals surface area contributed by atoms with Crippen molar-refractivity contribution in [3.05, 3.63) is 54.1 Å². The van der Waals surface area contributed by atoms with E-state index < -0.39 is 0 Å². The van der Waals surface area contributed by atoms with Crippen LogP contribution in [0.5, 0.6) is 5.75 Å². The van der Waals surface area contributed by atoms with Crippen LogP contribution in [-0.4, -0.2) is 12.4 Å². The minimum Gasteiger partial charge on any atom is -0.489 e. The molecule has 0 aromatic heterocycles. The Balaban J connectivity index is 2.99. The number of rotatable bonds is 7. The Bertz CT molecular complexity index is 458. The summed E-state index contributed by atoms with van der Waals surface area (Å²) < 4.78 is 5.66. The molecule has 2 nitrogen and oxygen atoms in total. The monoisotopic (exact) mass is 244 g/mol. The topological polar surface area (TPSA) is 26.3 Å². The Hall–Kier alpha value is -1.83. The summed E-state index contributed by atoms with van der Waals surface area (Å²) in [7, 11) is 0. The Labute approximate surface area is 109 Å². The van der Waals surface area contributed by atoms with Crippen LogP contribution in [0.1, 0.15) is 36.2 Å². The fourth-order valence-electron chi connectivity index (χ4n) is 1.61. The lowest BCUT2D eigenvalue weighted by atomic mass is 10.0. The molecule has 0 bridgehead atoms. The first-order chi connectivity index (χ1) is 8.58. The number of carbonyl (C=O) groups is 1. The zero-order valence-electron chi connectivity index (χ0n) is 11.2. The van der Waals surface area contributed by atoms with Gasteiger partial charge in [0.05, 0.1) is 0 Å². The van der Waals surface area contributed by atoms with Crippen LogP contribution in [0.4, 0.5) is 0 Å². The number of ketones is 1. The van der Waals surface area contributed by atoms with Crippen LogP contribution in [0.15, 0.2) is 43.0 Å². The van der Waals surface area contributed by atoms with Crippen LogP contribution >= 0.6 is 0 Å². The van der Waals surface area contributed by atoms with Crippen molar-refractivity contribution >= 4 is 5.78 Å². The number of Topliss-reactive ketones (excluding diaryl/α,β-unsaturated/α-hetero) is 1. The highest BCUT2D eigenvalue weighted by atomic mass is 16.5. The standard InChI is InChI=1S/C16H20O2/c1-5-7-14-10-13(15(17)6-2)8-9-16(14)18-11-12(3)4/h5,8-10H,1,3,6-7,11H2,2,4H3. The number of carbonyl (C=O) groups excluding carboxylic acids is 1. The lowest BCUT2D eigenvalue weighted by Crippen LogP contribution is -2.03. The normalized spacial score (nSPS) is 9.89. The molecule has 2 heteroatoms. The van der Waals surface area contributed by atoms with Crippen molar-refractivity contribution in [3.63, 3.8) is 0 Å². The van der Waals surface area contributed by atoms with E-state index in [0.717, 1.165) is 22.4 Å². The predicted octanol–water partition coefficient (Wildman–Crippen LogP) is 3.96. The van der Waals surface area contributed by atoms with Gasteiger partial charge in [0, 0.05) is 12.0 Å². The van der Waals surface area contributed by atoms with E-state index in [2.05, 4.69) is 13.2 Å². The molecule has 0 unspecified atom stereocenters. The minimum absolute atomic E-state index is 0.145. The van der Waals surface area contributed by atoms with E-state index in [4.69, 9.17) is 4.74 Å². The van der Waals surface area contributed by atoms with E-state index in [0.29, 0.717) is 19.4 Å². The first-order valence-electron chi connectivity index (χ1n) is 6.12. The lowest BCUT2D eigenvalue weighted by Gasteiger charge is -2.11. The van der Waals surface area contributed by atoms with Crippen molar-refractivity contribution in [3.8, 4) is 5.75 Å². The minimum atomic E-state index is 0.145. The Morgan fingerprint density at radius 1 is 1.44 bits per heavy atom. The predicted molar refractivity (Wildman–Crippen MR) is 75.3 cm³/mol. The van der Waals surface area contributed by atoms with E-state index in [-0.39, 0.29) is 5.78 Å². The fraction of sp³-hybridized carbons (Fsp3) is 0.312. The second kappa shape index (κ2) is 6.80. The highest BCUT2D eigenvalue weighted by Gasteiger charge is 2.08. The molecule has 0 N–H and O–H groups in total. The number of benzene rings is 1. The second-order valence-corrected chi connectivity index (χ2v) is 4.34. The molecule has 0 spiro atoms. The molecule has 18 heavy (non-hydrogen) atoms. The van der Waals surface area contributed by atoms with Gasteiger partial charge in [-0.25, -0.2) is 0 Å². The van der Waals surface area contributed by atoms with Crippen molar-refractivity contribution < 1.29 is 9.53 Å². The van der Waals surface area contributed by atoms with Gasteiger partial charge in [0.1, 0.15) is 12.4 Å². The van der Waals surface area contributed by atoms with E-state index in [1.807, 2.05) is 38.1 Å². The molecule has 0 atom stereocenters. The maximum absolute atomic E-state index is 11.7. The molecule has 96 valence electrons. The Morgan fingerprint density at radius 3 is 2.72 bits per heavy atom. The molecule has 0 saturated carbocycles. The van der Waals surface area contributed by atoms with E-state index >= 15 is 0 Å². The first-order valence-corrected chi connectivity index (χ1v) is 6.12. The number of allylic oxidation sites excluding steroid dienone is 1. The molecule has 1 aromatic carbocycles. The Kier molecular flexibility index (Phi) is 5.37. The van der Waals surface area contributed by atoms with Gasteiger partial charge in [0.2, 0.25) is 0 Å². The first kappa shape index (κ1) is 14.2. The van der Waals surface area contributed by atoms with Gasteiger partial charge in [-0.2, -0.15) is 0 Å². The van der Waals surface area contributed by atoms with Gasteiger partial charge in [0.15, 0.2) is 5.78 Å². The van der Waals surface area contributed by atoms with Crippen LogP contribution in [0, 0.1) is 0 Å². The van der Waals surface area contributed by atoms with E-state index in [9.17, 15) is 4.79 Å². The van der Waals surface area contributed by atoms with Crippen LogP contribution in [0.2, 0.25) is 0 Å². The van der Waals surface area contributed by atoms with E-state index in [1.165, 1.54) is 0 Å². The van der Waals surface area contributed by atoms with Crippen LogP contribution < -0.4 is 4.74 Å². The molecule has 0 aliphatic rings. The molecular weight excluding hydrogens is 224 g/mol. The summed E-state index contributed by atoms with van der Waals surface area (Å²) in [6, 6.07) is 5.55. The van der Waals surface area contributed by atoms with Gasteiger partial charge in [0.25, 0.3) is 0 Å². The van der Waals surface area contributed by atoms with Gasteiger partial charge in [-0.1, -0.05) is 19.6 Å². The smallest absolute Gasteiger partial charge is 0.162 e. The molecule has 0 heterocycles. The third kappa shape index (κ3) is 3.88. The zero-order chi connectivity index (χ0) is 13.5. The van der Waals surface area contributed by atoms with Gasteiger partial charge in [-0.3, -0.25) is 4.79 Å². The van der Waals surface area contributed by atoms with Crippen LogP contribution in [0.3, 0.4) is 0 Å². The maximum Gasteiger partial charge on any atom is 0.162 e. The lowest BCUT2D eigenvalue weighted by molar-refractivity contribution is 0.0988. The summed E-state index contributed by atoms with van der Waals surface area (Å²) in [5, 5.41) is 0. The summed E-state index contributed by atoms with van der Waals surface area (Å²) in [6.07, 6.45) is 3.01. The van der Waals surface area contributed by atoms with Crippen molar-refractivity contribution in [1.82, 2.24) is 0 Å².